The Hall–Kier alpha value is -2.49. The molecule has 0 unspecified atom stereocenters. The largest absolute Gasteiger partial charge is 0.506 e. The predicted molar refractivity (Wildman–Crippen MR) is 64.9 cm³/mol. The first-order valence-electron chi connectivity index (χ1n) is 5.01. The van der Waals surface area contributed by atoms with Crippen LogP contribution in [0.2, 0.25) is 0 Å². The van der Waals surface area contributed by atoms with Crippen LogP contribution < -0.4 is 5.73 Å². The summed E-state index contributed by atoms with van der Waals surface area (Å²) in [7, 11) is 0. The molecular weight excluding hydrogens is 218 g/mol. The molecule has 0 aliphatic carbocycles. The van der Waals surface area contributed by atoms with Crippen LogP contribution in [0.4, 0.5) is 5.69 Å². The van der Waals surface area contributed by atoms with Crippen molar-refractivity contribution in [3.63, 3.8) is 0 Å². The lowest BCUT2D eigenvalue weighted by Gasteiger charge is -2.10. The highest BCUT2D eigenvalue weighted by atomic mass is 16.4. The van der Waals surface area contributed by atoms with Gasteiger partial charge in [-0.1, -0.05) is 30.3 Å². The van der Waals surface area contributed by atoms with E-state index in [4.69, 9.17) is 10.8 Å². The third kappa shape index (κ3) is 1.92. The Labute approximate surface area is 97.9 Å². The van der Waals surface area contributed by atoms with Gasteiger partial charge >= 0.3 is 5.97 Å². The highest BCUT2D eigenvalue weighted by molar-refractivity contribution is 5.97. The van der Waals surface area contributed by atoms with Crippen LogP contribution in [0, 0.1) is 0 Å². The summed E-state index contributed by atoms with van der Waals surface area (Å²) >= 11 is 0. The van der Waals surface area contributed by atoms with Gasteiger partial charge in [0.05, 0.1) is 0 Å². The zero-order valence-electron chi connectivity index (χ0n) is 8.92. The fourth-order valence-corrected chi connectivity index (χ4v) is 1.69. The second kappa shape index (κ2) is 4.17. The summed E-state index contributed by atoms with van der Waals surface area (Å²) in [4.78, 5) is 10.9. The normalized spacial score (nSPS) is 10.1. The monoisotopic (exact) mass is 229 g/mol. The van der Waals surface area contributed by atoms with Gasteiger partial charge in [-0.05, 0) is 17.7 Å². The number of nitrogen functional groups attached to an aromatic ring is 1. The van der Waals surface area contributed by atoms with Crippen LogP contribution in [0.3, 0.4) is 0 Å². The second-order valence-corrected chi connectivity index (χ2v) is 3.60. The fraction of sp³-hybridized carbons (Fsp3) is 0. The molecule has 2 aromatic carbocycles. The highest BCUT2D eigenvalue weighted by Crippen LogP contribution is 2.36. The molecule has 0 aliphatic heterocycles. The smallest absolute Gasteiger partial charge is 0.339 e. The van der Waals surface area contributed by atoms with E-state index in [1.54, 1.807) is 24.3 Å². The predicted octanol–water partition coefficient (Wildman–Crippen LogP) is 2.34. The molecule has 0 saturated carbocycles. The Kier molecular flexibility index (Phi) is 2.70. The lowest BCUT2D eigenvalue weighted by molar-refractivity contribution is 0.0694. The minimum atomic E-state index is -1.18. The molecule has 4 heteroatoms. The minimum absolute atomic E-state index is 0.155. The topological polar surface area (TPSA) is 83.6 Å². The maximum absolute atomic E-state index is 10.9. The highest BCUT2D eigenvalue weighted by Gasteiger charge is 2.16. The van der Waals surface area contributed by atoms with Crippen molar-refractivity contribution in [3.05, 3.63) is 48.0 Å². The van der Waals surface area contributed by atoms with E-state index in [1.807, 2.05) is 6.07 Å². The number of benzene rings is 2. The maximum Gasteiger partial charge on any atom is 0.339 e. The number of aromatic hydroxyl groups is 1. The van der Waals surface area contributed by atoms with E-state index in [9.17, 15) is 9.90 Å². The fourth-order valence-electron chi connectivity index (χ4n) is 1.69. The Bertz CT molecular complexity index is 564. The van der Waals surface area contributed by atoms with Crippen LogP contribution in [0.5, 0.6) is 5.75 Å². The van der Waals surface area contributed by atoms with Gasteiger partial charge in [-0.25, -0.2) is 4.79 Å². The van der Waals surface area contributed by atoms with Gasteiger partial charge in [0.25, 0.3) is 0 Å². The van der Waals surface area contributed by atoms with E-state index in [0.717, 1.165) is 0 Å². The summed E-state index contributed by atoms with van der Waals surface area (Å²) in [6, 6.07) is 11.7. The molecule has 0 amide bonds. The molecular formula is C13H11NO3. The van der Waals surface area contributed by atoms with E-state index in [1.165, 1.54) is 12.1 Å². The van der Waals surface area contributed by atoms with Gasteiger partial charge < -0.3 is 15.9 Å². The molecule has 4 nitrogen and oxygen atoms in total. The first-order chi connectivity index (χ1) is 8.11. The van der Waals surface area contributed by atoms with Crippen molar-refractivity contribution in [2.24, 2.45) is 0 Å². The molecule has 0 radical (unpaired) electrons. The molecule has 86 valence electrons. The van der Waals surface area contributed by atoms with Crippen molar-refractivity contribution >= 4 is 11.7 Å². The van der Waals surface area contributed by atoms with Crippen molar-refractivity contribution < 1.29 is 15.0 Å². The molecule has 0 spiro atoms. The Morgan fingerprint density at radius 3 is 2.29 bits per heavy atom. The second-order valence-electron chi connectivity index (χ2n) is 3.60. The van der Waals surface area contributed by atoms with Gasteiger partial charge in [0, 0.05) is 11.3 Å². The number of carbonyl (C=O) groups is 1. The quantitative estimate of drug-likeness (QED) is 0.690. The van der Waals surface area contributed by atoms with E-state index in [-0.39, 0.29) is 11.3 Å². The summed E-state index contributed by atoms with van der Waals surface area (Å²) in [6.07, 6.45) is 0. The number of anilines is 1. The molecule has 0 atom stereocenters. The van der Waals surface area contributed by atoms with Crippen LogP contribution in [-0.4, -0.2) is 16.2 Å². The van der Waals surface area contributed by atoms with E-state index in [2.05, 4.69) is 0 Å². The third-order valence-electron chi connectivity index (χ3n) is 2.50. The van der Waals surface area contributed by atoms with Crippen LogP contribution in [-0.2, 0) is 0 Å². The average Bonchev–Trinajstić information content (AvgIpc) is 2.30. The van der Waals surface area contributed by atoms with Crippen LogP contribution in [0.1, 0.15) is 10.4 Å². The van der Waals surface area contributed by atoms with Gasteiger partial charge in [-0.2, -0.15) is 0 Å². The third-order valence-corrected chi connectivity index (χ3v) is 2.50. The minimum Gasteiger partial charge on any atom is -0.506 e. The molecule has 2 rings (SSSR count). The number of aromatic carboxylic acids is 1. The Morgan fingerprint density at radius 1 is 1.06 bits per heavy atom. The number of hydrogen-bond donors (Lipinski definition) is 3. The molecule has 0 aromatic heterocycles. The number of hydrogen-bond acceptors (Lipinski definition) is 3. The van der Waals surface area contributed by atoms with Gasteiger partial charge in [0.1, 0.15) is 11.3 Å². The number of phenols is 1. The van der Waals surface area contributed by atoms with Crippen molar-refractivity contribution in [1.29, 1.82) is 0 Å². The van der Waals surface area contributed by atoms with Crippen molar-refractivity contribution in [3.8, 4) is 16.9 Å². The molecule has 17 heavy (non-hydrogen) atoms. The number of carboxylic acids is 1. The van der Waals surface area contributed by atoms with Crippen molar-refractivity contribution in [1.82, 2.24) is 0 Å². The summed E-state index contributed by atoms with van der Waals surface area (Å²) in [5.41, 5.74) is 7.00. The SMILES string of the molecule is Nc1ccc(C(=O)O)c(O)c1-c1ccccc1. The van der Waals surface area contributed by atoms with Crippen molar-refractivity contribution in [2.45, 2.75) is 0 Å². The van der Waals surface area contributed by atoms with Gasteiger partial charge in [-0.3, -0.25) is 0 Å². The zero-order chi connectivity index (χ0) is 12.4. The van der Waals surface area contributed by atoms with E-state index in [0.29, 0.717) is 16.8 Å². The summed E-state index contributed by atoms with van der Waals surface area (Å²) in [5.74, 6) is -1.48. The molecule has 0 aliphatic rings. The first kappa shape index (κ1) is 11.0. The van der Waals surface area contributed by atoms with Gasteiger partial charge in [0.15, 0.2) is 0 Å². The van der Waals surface area contributed by atoms with Gasteiger partial charge in [-0.15, -0.1) is 0 Å². The molecule has 0 saturated heterocycles. The molecule has 2 aromatic rings. The van der Waals surface area contributed by atoms with E-state index >= 15 is 0 Å². The van der Waals surface area contributed by atoms with E-state index < -0.39 is 5.97 Å². The first-order valence-corrected chi connectivity index (χ1v) is 5.01. The Balaban J connectivity index is 2.69. The Morgan fingerprint density at radius 2 is 1.71 bits per heavy atom. The van der Waals surface area contributed by atoms with Crippen LogP contribution >= 0.6 is 0 Å². The van der Waals surface area contributed by atoms with Crippen molar-refractivity contribution in [2.75, 3.05) is 5.73 Å². The lowest BCUT2D eigenvalue weighted by Crippen LogP contribution is -2.00. The number of rotatable bonds is 2. The number of carboxylic acid groups (broad SMARTS) is 1. The molecule has 4 N–H and O–H groups in total. The zero-order valence-corrected chi connectivity index (χ0v) is 8.92. The maximum atomic E-state index is 10.9. The van der Waals surface area contributed by atoms with Crippen LogP contribution in [0.25, 0.3) is 11.1 Å². The summed E-state index contributed by atoms with van der Waals surface area (Å²) in [5, 5.41) is 18.9. The van der Waals surface area contributed by atoms with Gasteiger partial charge in [0.2, 0.25) is 0 Å². The standard InChI is InChI=1S/C13H11NO3/c14-10-7-6-9(13(16)17)12(15)11(10)8-4-2-1-3-5-8/h1-7,15H,14H2,(H,16,17). The molecule has 0 heterocycles. The molecule has 0 fully saturated rings. The molecule has 0 bridgehead atoms. The lowest BCUT2D eigenvalue weighted by atomic mass is 9.99. The summed E-state index contributed by atoms with van der Waals surface area (Å²) < 4.78 is 0. The summed E-state index contributed by atoms with van der Waals surface area (Å²) in [6.45, 7) is 0. The van der Waals surface area contributed by atoms with Crippen LogP contribution in [0.15, 0.2) is 42.5 Å². The number of nitrogens with two attached hydrogens (primary N) is 1. The average molecular weight is 229 g/mol.